The fraction of sp³-hybridized carbons (Fsp3) is 1.00. The summed E-state index contributed by atoms with van der Waals surface area (Å²) in [5.41, 5.74) is 0. The van der Waals surface area contributed by atoms with Gasteiger partial charge in [-0.2, -0.15) is 0 Å². The van der Waals surface area contributed by atoms with Crippen LogP contribution in [0.5, 0.6) is 0 Å². The Kier molecular flexibility index (Phi) is 8.33. The normalized spacial score (nSPS) is 12.4. The van der Waals surface area contributed by atoms with Gasteiger partial charge in [-0.25, -0.2) is 0 Å². The zero-order valence-corrected chi connectivity index (χ0v) is 12.0. The van der Waals surface area contributed by atoms with Gasteiger partial charge in [0.25, 0.3) is 0 Å². The maximum absolute atomic E-state index is 5.58. The molecule has 0 aromatic rings. The lowest BCUT2D eigenvalue weighted by Crippen LogP contribution is -2.40. The first-order chi connectivity index (χ1) is 7.17. The summed E-state index contributed by atoms with van der Waals surface area (Å²) >= 11 is 0. The lowest BCUT2D eigenvalue weighted by molar-refractivity contribution is 0.236. The third kappa shape index (κ3) is 5.11. The van der Waals surface area contributed by atoms with Gasteiger partial charge in [-0.3, -0.25) is 0 Å². The van der Waals surface area contributed by atoms with Crippen molar-refractivity contribution in [1.29, 1.82) is 0 Å². The molecule has 0 aliphatic heterocycles. The SMILES string of the molecule is CCN(CC)CCC[Si](CC)(OC)OC. The van der Waals surface area contributed by atoms with Crippen LogP contribution in [-0.4, -0.2) is 47.3 Å². The van der Waals surface area contributed by atoms with E-state index in [1.54, 1.807) is 14.2 Å². The van der Waals surface area contributed by atoms with Crippen molar-refractivity contribution in [2.45, 2.75) is 39.3 Å². The third-order valence-electron chi connectivity index (χ3n) is 3.21. The molecule has 0 atom stereocenters. The summed E-state index contributed by atoms with van der Waals surface area (Å²) in [5.74, 6) is 0. The Morgan fingerprint density at radius 2 is 1.53 bits per heavy atom. The molecule has 15 heavy (non-hydrogen) atoms. The van der Waals surface area contributed by atoms with E-state index in [-0.39, 0.29) is 0 Å². The van der Waals surface area contributed by atoms with E-state index in [4.69, 9.17) is 8.85 Å². The van der Waals surface area contributed by atoms with Gasteiger partial charge >= 0.3 is 8.56 Å². The molecule has 0 N–H and O–H groups in total. The van der Waals surface area contributed by atoms with E-state index >= 15 is 0 Å². The molecule has 0 aliphatic carbocycles. The molecule has 4 heteroatoms. The van der Waals surface area contributed by atoms with Crippen molar-refractivity contribution >= 4 is 8.56 Å². The predicted molar refractivity (Wildman–Crippen MR) is 67.5 cm³/mol. The van der Waals surface area contributed by atoms with Gasteiger partial charge in [0.2, 0.25) is 0 Å². The standard InChI is InChI=1S/C11H27NO2Si/c1-6-12(7-2)10-9-11-15(8-3,13-4)14-5/h6-11H2,1-5H3. The Hall–Kier alpha value is 0.0969. The van der Waals surface area contributed by atoms with Crippen LogP contribution in [0.4, 0.5) is 0 Å². The van der Waals surface area contributed by atoms with Gasteiger partial charge in [0, 0.05) is 14.2 Å². The van der Waals surface area contributed by atoms with Crippen LogP contribution in [0.1, 0.15) is 27.2 Å². The summed E-state index contributed by atoms with van der Waals surface area (Å²) in [6, 6.07) is 2.14. The van der Waals surface area contributed by atoms with Crippen LogP contribution in [-0.2, 0) is 8.85 Å². The van der Waals surface area contributed by atoms with E-state index < -0.39 is 8.56 Å². The Labute approximate surface area is 96.0 Å². The fourth-order valence-corrected chi connectivity index (χ4v) is 4.07. The maximum Gasteiger partial charge on any atom is 0.337 e. The minimum absolute atomic E-state index is 1.04. The van der Waals surface area contributed by atoms with Crippen molar-refractivity contribution in [3.63, 3.8) is 0 Å². The van der Waals surface area contributed by atoms with Crippen LogP contribution in [0, 0.1) is 0 Å². The highest BCUT2D eigenvalue weighted by molar-refractivity contribution is 6.67. The zero-order valence-electron chi connectivity index (χ0n) is 11.0. The Morgan fingerprint density at radius 3 is 1.87 bits per heavy atom. The van der Waals surface area contributed by atoms with Gasteiger partial charge in [-0.1, -0.05) is 20.8 Å². The average molecular weight is 233 g/mol. The molecular weight excluding hydrogens is 206 g/mol. The van der Waals surface area contributed by atoms with Crippen LogP contribution in [0.15, 0.2) is 0 Å². The van der Waals surface area contributed by atoms with Gasteiger partial charge in [0.15, 0.2) is 0 Å². The van der Waals surface area contributed by atoms with E-state index in [1.807, 2.05) is 0 Å². The highest BCUT2D eigenvalue weighted by Gasteiger charge is 2.32. The minimum Gasteiger partial charge on any atom is -0.398 e. The van der Waals surface area contributed by atoms with Crippen LogP contribution < -0.4 is 0 Å². The first kappa shape index (κ1) is 15.1. The first-order valence-electron chi connectivity index (χ1n) is 6.00. The lowest BCUT2D eigenvalue weighted by Gasteiger charge is -2.27. The van der Waals surface area contributed by atoms with E-state index in [0.717, 1.165) is 31.7 Å². The summed E-state index contributed by atoms with van der Waals surface area (Å²) in [5, 5.41) is 0. The fourth-order valence-electron chi connectivity index (χ4n) is 1.86. The summed E-state index contributed by atoms with van der Waals surface area (Å²) in [4.78, 5) is 2.44. The van der Waals surface area contributed by atoms with Gasteiger partial charge in [0.1, 0.15) is 0 Å². The van der Waals surface area contributed by atoms with Crippen LogP contribution in [0.3, 0.4) is 0 Å². The molecule has 0 fully saturated rings. The molecule has 0 aliphatic rings. The largest absolute Gasteiger partial charge is 0.398 e. The highest BCUT2D eigenvalue weighted by Crippen LogP contribution is 2.19. The molecule has 0 saturated carbocycles. The molecule has 0 bridgehead atoms. The average Bonchev–Trinajstić information content (AvgIpc) is 2.31. The second-order valence-electron chi connectivity index (χ2n) is 3.80. The number of hydrogen-bond acceptors (Lipinski definition) is 3. The third-order valence-corrected chi connectivity index (χ3v) is 6.89. The lowest BCUT2D eigenvalue weighted by atomic mass is 10.4. The highest BCUT2D eigenvalue weighted by atomic mass is 28.4. The molecule has 0 spiro atoms. The number of nitrogens with zero attached hydrogens (tertiary/aromatic N) is 1. The Morgan fingerprint density at radius 1 is 1.00 bits per heavy atom. The second kappa shape index (κ2) is 8.27. The molecule has 0 aromatic carbocycles. The van der Waals surface area contributed by atoms with E-state index in [0.29, 0.717) is 0 Å². The monoisotopic (exact) mass is 233 g/mol. The summed E-state index contributed by atoms with van der Waals surface area (Å²) in [6.45, 7) is 10.0. The Balaban J connectivity index is 3.89. The molecule has 0 radical (unpaired) electrons. The van der Waals surface area contributed by atoms with Crippen molar-refractivity contribution in [2.75, 3.05) is 33.9 Å². The minimum atomic E-state index is -1.84. The quantitative estimate of drug-likeness (QED) is 0.571. The molecule has 3 nitrogen and oxygen atoms in total. The summed E-state index contributed by atoms with van der Waals surface area (Å²) in [7, 11) is 1.74. The molecule has 0 heterocycles. The first-order valence-corrected chi connectivity index (χ1v) is 8.23. The van der Waals surface area contributed by atoms with Gasteiger partial charge in [0.05, 0.1) is 0 Å². The zero-order chi connectivity index (χ0) is 11.7. The van der Waals surface area contributed by atoms with Crippen LogP contribution >= 0.6 is 0 Å². The number of hydrogen-bond donors (Lipinski definition) is 0. The van der Waals surface area contributed by atoms with E-state index in [2.05, 4.69) is 25.7 Å². The molecule has 0 aromatic heterocycles. The van der Waals surface area contributed by atoms with Crippen molar-refractivity contribution < 1.29 is 8.85 Å². The molecule has 92 valence electrons. The van der Waals surface area contributed by atoms with E-state index in [9.17, 15) is 0 Å². The second-order valence-corrected chi connectivity index (χ2v) is 7.65. The molecule has 0 amide bonds. The van der Waals surface area contributed by atoms with Crippen LogP contribution in [0.25, 0.3) is 0 Å². The van der Waals surface area contributed by atoms with Crippen molar-refractivity contribution in [3.8, 4) is 0 Å². The van der Waals surface area contributed by atoms with Gasteiger partial charge in [-0.15, -0.1) is 0 Å². The topological polar surface area (TPSA) is 21.7 Å². The number of rotatable bonds is 9. The molecular formula is C11H27NO2Si. The van der Waals surface area contributed by atoms with E-state index in [1.165, 1.54) is 6.42 Å². The molecule has 0 saturated heterocycles. The molecule has 0 unspecified atom stereocenters. The predicted octanol–water partition coefficient (Wildman–Crippen LogP) is 2.47. The summed E-state index contributed by atoms with van der Waals surface area (Å²) < 4.78 is 11.2. The molecule has 0 rings (SSSR count). The summed E-state index contributed by atoms with van der Waals surface area (Å²) in [6.07, 6.45) is 1.18. The van der Waals surface area contributed by atoms with Crippen molar-refractivity contribution in [3.05, 3.63) is 0 Å². The van der Waals surface area contributed by atoms with Crippen molar-refractivity contribution in [1.82, 2.24) is 4.90 Å². The van der Waals surface area contributed by atoms with Gasteiger partial charge in [-0.05, 0) is 38.1 Å². The Bertz CT molecular complexity index is 139. The van der Waals surface area contributed by atoms with Gasteiger partial charge < -0.3 is 13.8 Å². The van der Waals surface area contributed by atoms with Crippen molar-refractivity contribution in [2.24, 2.45) is 0 Å². The smallest absolute Gasteiger partial charge is 0.337 e. The van der Waals surface area contributed by atoms with Crippen LogP contribution in [0.2, 0.25) is 12.1 Å². The maximum atomic E-state index is 5.58.